The van der Waals surface area contributed by atoms with Crippen LogP contribution in [0.25, 0.3) is 10.9 Å². The Bertz CT molecular complexity index is 691. The fraction of sp³-hybridized carbons (Fsp3) is 0.400. The SMILES string of the molecule is CCCCNC(=S)N=Nc1c(O)[nH]c2c(C)cc(C)cc12. The van der Waals surface area contributed by atoms with Gasteiger partial charge in [0.15, 0.2) is 5.69 Å². The molecule has 21 heavy (non-hydrogen) atoms. The molecule has 1 heterocycles. The second kappa shape index (κ2) is 6.67. The molecule has 0 radical (unpaired) electrons. The fourth-order valence-corrected chi connectivity index (χ4v) is 2.37. The van der Waals surface area contributed by atoms with Crippen molar-refractivity contribution in [1.29, 1.82) is 0 Å². The van der Waals surface area contributed by atoms with Gasteiger partial charge >= 0.3 is 0 Å². The molecule has 2 rings (SSSR count). The van der Waals surface area contributed by atoms with Gasteiger partial charge < -0.3 is 15.4 Å². The number of hydrogen-bond donors (Lipinski definition) is 3. The summed E-state index contributed by atoms with van der Waals surface area (Å²) in [6.45, 7) is 6.89. The summed E-state index contributed by atoms with van der Waals surface area (Å²) in [5.41, 5.74) is 3.47. The number of benzene rings is 1. The molecule has 1 aromatic carbocycles. The van der Waals surface area contributed by atoms with Crippen molar-refractivity contribution in [3.05, 3.63) is 23.3 Å². The summed E-state index contributed by atoms with van der Waals surface area (Å²) in [5.74, 6) is 0.0128. The molecule has 0 atom stereocenters. The highest BCUT2D eigenvalue weighted by molar-refractivity contribution is 7.80. The lowest BCUT2D eigenvalue weighted by Crippen LogP contribution is -2.19. The number of thiocarbonyl (C=S) groups is 1. The maximum atomic E-state index is 10.0. The van der Waals surface area contributed by atoms with Crippen LogP contribution in [-0.2, 0) is 0 Å². The molecule has 1 aromatic heterocycles. The average molecular weight is 304 g/mol. The molecule has 0 unspecified atom stereocenters. The number of aromatic hydroxyl groups is 1. The smallest absolute Gasteiger partial charge is 0.218 e. The van der Waals surface area contributed by atoms with Crippen molar-refractivity contribution in [3.8, 4) is 5.88 Å². The molecular formula is C15H20N4OS. The van der Waals surface area contributed by atoms with Gasteiger partial charge in [0, 0.05) is 11.9 Å². The molecule has 112 valence electrons. The highest BCUT2D eigenvalue weighted by Crippen LogP contribution is 2.37. The molecule has 0 bridgehead atoms. The number of nitrogens with zero attached hydrogens (tertiary/aromatic N) is 2. The summed E-state index contributed by atoms with van der Waals surface area (Å²) in [7, 11) is 0. The molecule has 5 nitrogen and oxygen atoms in total. The summed E-state index contributed by atoms with van der Waals surface area (Å²) in [6, 6.07) is 4.02. The van der Waals surface area contributed by atoms with Crippen molar-refractivity contribution in [2.75, 3.05) is 6.54 Å². The van der Waals surface area contributed by atoms with Crippen LogP contribution in [0, 0.1) is 13.8 Å². The number of aryl methyl sites for hydroxylation is 2. The first-order chi connectivity index (χ1) is 10.0. The van der Waals surface area contributed by atoms with Crippen molar-refractivity contribution >= 4 is 33.9 Å². The van der Waals surface area contributed by atoms with Crippen LogP contribution in [0.1, 0.15) is 30.9 Å². The van der Waals surface area contributed by atoms with Crippen molar-refractivity contribution < 1.29 is 5.11 Å². The number of fused-ring (bicyclic) bond motifs is 1. The number of azo groups is 1. The Kier molecular flexibility index (Phi) is 4.90. The predicted octanol–water partition coefficient (Wildman–Crippen LogP) is 4.25. The molecule has 0 aliphatic carbocycles. The van der Waals surface area contributed by atoms with Gasteiger partial charge in [-0.1, -0.05) is 25.0 Å². The lowest BCUT2D eigenvalue weighted by atomic mass is 10.1. The molecule has 3 N–H and O–H groups in total. The van der Waals surface area contributed by atoms with Crippen molar-refractivity contribution in [2.24, 2.45) is 10.2 Å². The molecule has 0 aliphatic heterocycles. The van der Waals surface area contributed by atoms with Gasteiger partial charge in [0.25, 0.3) is 0 Å². The van der Waals surface area contributed by atoms with E-state index in [1.165, 1.54) is 0 Å². The summed E-state index contributed by atoms with van der Waals surface area (Å²) in [5, 5.41) is 22.3. The molecule has 0 saturated carbocycles. The van der Waals surface area contributed by atoms with Crippen LogP contribution >= 0.6 is 12.2 Å². The van der Waals surface area contributed by atoms with Gasteiger partial charge in [-0.3, -0.25) is 0 Å². The monoisotopic (exact) mass is 304 g/mol. The first-order valence-electron chi connectivity index (χ1n) is 7.04. The molecule has 6 heteroatoms. The molecule has 0 amide bonds. The third kappa shape index (κ3) is 3.58. The molecule has 0 saturated heterocycles. The zero-order chi connectivity index (χ0) is 15.4. The Morgan fingerprint density at radius 2 is 2.14 bits per heavy atom. The number of hydrogen-bond acceptors (Lipinski definition) is 3. The van der Waals surface area contributed by atoms with Crippen LogP contribution in [0.15, 0.2) is 22.4 Å². The molecule has 0 aliphatic rings. The quantitative estimate of drug-likeness (QED) is 0.449. The van der Waals surface area contributed by atoms with E-state index in [1.807, 2.05) is 19.9 Å². The summed E-state index contributed by atoms with van der Waals surface area (Å²) in [4.78, 5) is 2.94. The van der Waals surface area contributed by atoms with Crippen LogP contribution in [0.3, 0.4) is 0 Å². The predicted molar refractivity (Wildman–Crippen MR) is 89.5 cm³/mol. The van der Waals surface area contributed by atoms with Gasteiger partial charge in [0.05, 0.1) is 5.52 Å². The standard InChI is InChI=1S/C15H20N4OS/c1-4-5-6-16-15(21)19-18-13-11-8-9(2)7-10(3)12(11)17-14(13)20/h7-8,17,20H,4-6H2,1-3H3,(H,16,21). The van der Waals surface area contributed by atoms with E-state index in [0.29, 0.717) is 10.8 Å². The second-order valence-corrected chi connectivity index (χ2v) is 5.50. The number of rotatable bonds is 4. The average Bonchev–Trinajstić information content (AvgIpc) is 2.73. The number of nitrogens with one attached hydrogen (secondary N) is 2. The first-order valence-corrected chi connectivity index (χ1v) is 7.45. The van der Waals surface area contributed by atoms with E-state index in [0.717, 1.165) is 41.4 Å². The van der Waals surface area contributed by atoms with Crippen LogP contribution in [-0.4, -0.2) is 21.7 Å². The second-order valence-electron chi connectivity index (χ2n) is 5.11. The van der Waals surface area contributed by atoms with E-state index >= 15 is 0 Å². The van der Waals surface area contributed by atoms with Gasteiger partial charge in [-0.05, 0) is 44.1 Å². The lowest BCUT2D eigenvalue weighted by Gasteiger charge is -2.01. The van der Waals surface area contributed by atoms with Crippen LogP contribution in [0.4, 0.5) is 5.69 Å². The van der Waals surface area contributed by atoms with E-state index in [4.69, 9.17) is 12.2 Å². The third-order valence-electron chi connectivity index (χ3n) is 3.25. The number of unbranched alkanes of at least 4 members (excludes halogenated alkanes) is 1. The topological polar surface area (TPSA) is 72.8 Å². The molecule has 0 fully saturated rings. The highest BCUT2D eigenvalue weighted by atomic mass is 32.1. The summed E-state index contributed by atoms with van der Waals surface area (Å²) in [6.07, 6.45) is 2.13. The molecular weight excluding hydrogens is 284 g/mol. The zero-order valence-electron chi connectivity index (χ0n) is 12.5. The van der Waals surface area contributed by atoms with Gasteiger partial charge in [-0.2, -0.15) is 0 Å². The lowest BCUT2D eigenvalue weighted by molar-refractivity contribution is 0.459. The fourth-order valence-electron chi connectivity index (χ4n) is 2.23. The van der Waals surface area contributed by atoms with Gasteiger partial charge in [0.2, 0.25) is 11.0 Å². The van der Waals surface area contributed by atoms with Crippen molar-refractivity contribution in [2.45, 2.75) is 33.6 Å². The largest absolute Gasteiger partial charge is 0.493 e. The maximum Gasteiger partial charge on any atom is 0.218 e. The van der Waals surface area contributed by atoms with Gasteiger partial charge in [0.1, 0.15) is 0 Å². The Morgan fingerprint density at radius 3 is 2.86 bits per heavy atom. The van der Waals surface area contributed by atoms with Crippen molar-refractivity contribution in [1.82, 2.24) is 10.3 Å². The van der Waals surface area contributed by atoms with Crippen LogP contribution in [0.5, 0.6) is 5.88 Å². The Morgan fingerprint density at radius 1 is 1.38 bits per heavy atom. The van der Waals surface area contributed by atoms with Gasteiger partial charge in [-0.25, -0.2) is 0 Å². The van der Waals surface area contributed by atoms with Crippen LogP contribution in [0.2, 0.25) is 0 Å². The third-order valence-corrected chi connectivity index (χ3v) is 3.48. The highest BCUT2D eigenvalue weighted by Gasteiger charge is 2.12. The summed E-state index contributed by atoms with van der Waals surface area (Å²) < 4.78 is 0. The van der Waals surface area contributed by atoms with E-state index in [2.05, 4.69) is 33.5 Å². The molecule has 2 aromatic rings. The number of H-pyrrole nitrogens is 1. The maximum absolute atomic E-state index is 10.0. The minimum atomic E-state index is 0.0128. The van der Waals surface area contributed by atoms with Crippen LogP contribution < -0.4 is 5.32 Å². The first kappa shape index (κ1) is 15.4. The van der Waals surface area contributed by atoms with E-state index in [-0.39, 0.29) is 5.88 Å². The van der Waals surface area contributed by atoms with E-state index in [9.17, 15) is 5.11 Å². The van der Waals surface area contributed by atoms with E-state index in [1.54, 1.807) is 0 Å². The normalized spacial score (nSPS) is 11.4. The minimum absolute atomic E-state index is 0.0128. The minimum Gasteiger partial charge on any atom is -0.493 e. The Labute approximate surface area is 129 Å². The number of aromatic nitrogens is 1. The number of aromatic amines is 1. The van der Waals surface area contributed by atoms with E-state index < -0.39 is 0 Å². The van der Waals surface area contributed by atoms with Crippen molar-refractivity contribution in [3.63, 3.8) is 0 Å². The Balaban J connectivity index is 2.26. The Hall–Kier alpha value is -1.95. The zero-order valence-corrected chi connectivity index (χ0v) is 13.3. The summed E-state index contributed by atoms with van der Waals surface area (Å²) >= 11 is 5.09. The molecule has 0 spiro atoms. The van der Waals surface area contributed by atoms with Gasteiger partial charge in [-0.15, -0.1) is 10.2 Å².